The van der Waals surface area contributed by atoms with Gasteiger partial charge in [0, 0.05) is 35.5 Å². The number of carbonyl (C=O) groups excluding carboxylic acids is 2. The first-order chi connectivity index (χ1) is 18.7. The molecule has 0 aliphatic heterocycles. The van der Waals surface area contributed by atoms with Gasteiger partial charge in [-0.25, -0.2) is 0 Å². The van der Waals surface area contributed by atoms with Crippen LogP contribution in [0.1, 0.15) is 55.4 Å². The monoisotopic (exact) mass is 657 g/mol. The molecule has 0 amide bonds. The van der Waals surface area contributed by atoms with Crippen LogP contribution in [-0.2, 0) is 26.4 Å². The second kappa shape index (κ2) is 16.8. The number of phenols is 2. The largest absolute Gasteiger partial charge is 2.00 e. The molecule has 42 heavy (non-hydrogen) atoms. The number of benzene rings is 2. The number of aliphatic carboxylic acids is 2. The van der Waals surface area contributed by atoms with Gasteiger partial charge < -0.3 is 30.0 Å². The van der Waals surface area contributed by atoms with Gasteiger partial charge in [-0.1, -0.05) is 73.9 Å². The van der Waals surface area contributed by atoms with Crippen LogP contribution in [0.15, 0.2) is 34.3 Å². The molecular weight excluding hydrogens is 611 g/mol. The molecule has 233 valence electrons. The van der Waals surface area contributed by atoms with Crippen LogP contribution in [0.3, 0.4) is 0 Å². The van der Waals surface area contributed by atoms with Crippen LogP contribution >= 0.6 is 0 Å². The predicted octanol–water partition coefficient (Wildman–Crippen LogP) is 2.77. The fraction of sp³-hybridized carbons (Fsp3) is 0.484. The van der Waals surface area contributed by atoms with E-state index in [1.165, 1.54) is 10.4 Å². The van der Waals surface area contributed by atoms with E-state index in [9.17, 15) is 10.2 Å². The summed E-state index contributed by atoms with van der Waals surface area (Å²) in [6, 6.07) is 8.64. The molecule has 2 unspecified atom stereocenters. The number of carboxylic acids is 2. The Morgan fingerprint density at radius 2 is 1.02 bits per heavy atom. The summed E-state index contributed by atoms with van der Waals surface area (Å²) in [6.45, 7) is 19.8. The van der Waals surface area contributed by atoms with Crippen molar-refractivity contribution in [2.24, 2.45) is 9.98 Å². The molecule has 0 heterocycles. The first-order valence-electron chi connectivity index (χ1n) is 13.8. The Balaban J connectivity index is 0.00000166. The van der Waals surface area contributed by atoms with Crippen molar-refractivity contribution < 1.29 is 46.8 Å². The average molecular weight is 658 g/mol. The molecule has 1 aliphatic carbocycles. The molecule has 1 radical (unpaired) electrons. The van der Waals surface area contributed by atoms with Crippen LogP contribution in [0.4, 0.5) is 0 Å². The van der Waals surface area contributed by atoms with E-state index in [0.717, 1.165) is 55.4 Å². The summed E-state index contributed by atoms with van der Waals surface area (Å²) in [4.78, 5) is 27.5. The molecule has 11 heteroatoms. The number of hydrogen-bond acceptors (Lipinski definition) is 8. The van der Waals surface area contributed by atoms with Crippen molar-refractivity contribution in [1.82, 2.24) is 0 Å². The number of phenolic OH excluding ortho intramolecular Hbond substituents is 2. The molecule has 0 saturated heterocycles. The first-order valence-corrected chi connectivity index (χ1v) is 20.8. The fourth-order valence-electron chi connectivity index (χ4n) is 4.30. The molecule has 0 bridgehead atoms. The van der Waals surface area contributed by atoms with Crippen LogP contribution in [0.25, 0.3) is 0 Å². The average Bonchev–Trinajstić information content (AvgIpc) is 3.26. The number of hydrogen-bond donors (Lipinski definition) is 2. The summed E-state index contributed by atoms with van der Waals surface area (Å²) in [5, 5.41) is 41.6. The molecule has 2 N–H and O–H groups in total. The van der Waals surface area contributed by atoms with E-state index in [4.69, 9.17) is 29.8 Å². The molecule has 3 rings (SSSR count). The minimum Gasteiger partial charge on any atom is -0.550 e. The normalized spacial score (nSPS) is 16.7. The van der Waals surface area contributed by atoms with Crippen LogP contribution in [0.2, 0.25) is 39.3 Å². The van der Waals surface area contributed by atoms with Crippen LogP contribution in [0, 0.1) is 13.8 Å². The second-order valence-electron chi connectivity index (χ2n) is 12.6. The number of aliphatic imine (C=N–C) groups is 2. The van der Waals surface area contributed by atoms with E-state index < -0.39 is 28.1 Å². The van der Waals surface area contributed by atoms with E-state index in [0.29, 0.717) is 11.5 Å². The van der Waals surface area contributed by atoms with Crippen molar-refractivity contribution in [3.8, 4) is 11.5 Å². The Kier molecular flexibility index (Phi) is 15.7. The number of rotatable bonds is 6. The minimum atomic E-state index is -1.49. The SMILES string of the molecule is CC(=O)[O-].CC(=O)[O-].Cc1cc([Si](C)(C)C)cc(C=NC2CCCC2N=Cc2cc([Si](C)(C)C)cc(C)c2O)c1O.[Co+2]. The quantitative estimate of drug-likeness (QED) is 0.361. The minimum absolute atomic E-state index is 0. The van der Waals surface area contributed by atoms with E-state index >= 15 is 0 Å². The Morgan fingerprint density at radius 1 is 0.738 bits per heavy atom. The molecule has 2 atom stereocenters. The van der Waals surface area contributed by atoms with Crippen molar-refractivity contribution >= 4 is 50.9 Å². The third-order valence-corrected chi connectivity index (χ3v) is 10.7. The molecule has 1 saturated carbocycles. The second-order valence-corrected chi connectivity index (χ2v) is 22.7. The van der Waals surface area contributed by atoms with Crippen LogP contribution < -0.4 is 20.6 Å². The Labute approximate surface area is 263 Å². The van der Waals surface area contributed by atoms with Gasteiger partial charge in [0.25, 0.3) is 0 Å². The summed E-state index contributed by atoms with van der Waals surface area (Å²) in [5.41, 5.74) is 3.42. The molecule has 0 spiro atoms. The topological polar surface area (TPSA) is 145 Å². The maximum Gasteiger partial charge on any atom is 2.00 e. The Bertz CT molecular complexity index is 1180. The van der Waals surface area contributed by atoms with Gasteiger partial charge in [0.2, 0.25) is 0 Å². The van der Waals surface area contributed by atoms with Crippen molar-refractivity contribution in [2.45, 2.75) is 98.3 Å². The van der Waals surface area contributed by atoms with E-state index in [1.807, 2.05) is 26.3 Å². The molecule has 1 aliphatic rings. The molecule has 2 aromatic carbocycles. The summed E-state index contributed by atoms with van der Waals surface area (Å²) in [5.74, 6) is -1.52. The third-order valence-electron chi connectivity index (χ3n) is 6.65. The summed E-state index contributed by atoms with van der Waals surface area (Å²) >= 11 is 0. The van der Waals surface area contributed by atoms with Gasteiger partial charge in [0.1, 0.15) is 11.5 Å². The van der Waals surface area contributed by atoms with E-state index in [2.05, 4.69) is 63.5 Å². The molecule has 2 aromatic rings. The van der Waals surface area contributed by atoms with E-state index in [1.54, 1.807) is 0 Å². The van der Waals surface area contributed by atoms with Gasteiger partial charge in [-0.05, 0) is 58.1 Å². The van der Waals surface area contributed by atoms with Gasteiger partial charge >= 0.3 is 16.8 Å². The van der Waals surface area contributed by atoms with E-state index in [-0.39, 0.29) is 28.9 Å². The summed E-state index contributed by atoms with van der Waals surface area (Å²) in [7, 11) is -2.98. The zero-order valence-electron chi connectivity index (χ0n) is 26.5. The van der Waals surface area contributed by atoms with Gasteiger partial charge in [-0.3, -0.25) is 9.98 Å². The predicted molar refractivity (Wildman–Crippen MR) is 170 cm³/mol. The Morgan fingerprint density at radius 3 is 1.29 bits per heavy atom. The maximum absolute atomic E-state index is 10.6. The van der Waals surface area contributed by atoms with Crippen LogP contribution in [0.5, 0.6) is 11.5 Å². The van der Waals surface area contributed by atoms with Crippen molar-refractivity contribution in [2.75, 3.05) is 0 Å². The molecule has 0 aromatic heterocycles. The molecule has 1 fully saturated rings. The maximum atomic E-state index is 10.6. The first kappa shape index (κ1) is 39.3. The number of aromatic hydroxyl groups is 2. The van der Waals surface area contributed by atoms with Crippen molar-refractivity contribution in [1.29, 1.82) is 0 Å². The molecule has 8 nitrogen and oxygen atoms in total. The number of carbonyl (C=O) groups is 2. The number of carboxylic acid groups (broad SMARTS) is 2. The number of nitrogens with zero attached hydrogens (tertiary/aromatic N) is 2. The van der Waals surface area contributed by atoms with Crippen LogP contribution in [-0.4, -0.2) is 62.8 Å². The van der Waals surface area contributed by atoms with Gasteiger partial charge in [0.05, 0.1) is 28.2 Å². The summed E-state index contributed by atoms with van der Waals surface area (Å²) in [6.07, 6.45) is 6.76. The summed E-state index contributed by atoms with van der Waals surface area (Å²) < 4.78 is 0. The van der Waals surface area contributed by atoms with Crippen molar-refractivity contribution in [3.63, 3.8) is 0 Å². The zero-order valence-corrected chi connectivity index (χ0v) is 29.5. The Hall–Kier alpha value is -2.74. The fourth-order valence-corrected chi connectivity index (χ4v) is 6.77. The van der Waals surface area contributed by atoms with Gasteiger partial charge in [0.15, 0.2) is 0 Å². The third kappa shape index (κ3) is 13.1. The standard InChI is InChI=1S/C27H40N2O2Si2.2C2H4O2.Co/c1-18-12-22(32(3,4)5)14-20(26(18)30)16-28-24-10-9-11-25(24)29-17-21-15-23(33(6,7)8)13-19(2)27(21)31;2*1-2(3)4;/h12-17,24-25,30-31H,9-11H2,1-8H3;2*1H3,(H,3,4);/q;;;+2/p-2. The van der Waals surface area contributed by atoms with Crippen molar-refractivity contribution in [3.05, 3.63) is 46.5 Å². The van der Waals surface area contributed by atoms with Gasteiger partial charge in [-0.15, -0.1) is 0 Å². The zero-order chi connectivity index (χ0) is 31.7. The molecular formula is C31H46CoN2O6Si2. The van der Waals surface area contributed by atoms with Gasteiger partial charge in [-0.2, -0.15) is 0 Å². The smallest absolute Gasteiger partial charge is 0.550 e. The number of aryl methyl sites for hydroxylation is 2.